The van der Waals surface area contributed by atoms with Crippen LogP contribution in [0.4, 0.5) is 4.79 Å². The number of amides is 5. The van der Waals surface area contributed by atoms with Gasteiger partial charge < -0.3 is 35.4 Å². The number of carbonyl (C=O) groups excluding carboxylic acids is 4. The lowest BCUT2D eigenvalue weighted by Crippen LogP contribution is -2.63. The van der Waals surface area contributed by atoms with Crippen LogP contribution in [0.15, 0.2) is 18.2 Å². The molecule has 2 aliphatic rings. The first kappa shape index (κ1) is 25.0. The fourth-order valence-electron chi connectivity index (χ4n) is 3.77. The van der Waals surface area contributed by atoms with Crippen molar-refractivity contribution in [3.8, 4) is 5.75 Å². The van der Waals surface area contributed by atoms with E-state index in [9.17, 15) is 39.2 Å². The predicted octanol–water partition coefficient (Wildman–Crippen LogP) is -2.03. The Morgan fingerprint density at radius 2 is 1.94 bits per heavy atom. The van der Waals surface area contributed by atoms with Gasteiger partial charge in [-0.05, 0) is 31.9 Å². The summed E-state index contributed by atoms with van der Waals surface area (Å²) in [4.78, 5) is 63.0. The summed E-state index contributed by atoms with van der Waals surface area (Å²) >= 11 is 0. The molecule has 2 aliphatic heterocycles. The molecule has 0 bridgehead atoms. The Kier molecular flexibility index (Phi) is 7.42. The van der Waals surface area contributed by atoms with Gasteiger partial charge >= 0.3 is 30.9 Å². The number of para-hydroxylation sites is 1. The van der Waals surface area contributed by atoms with Crippen LogP contribution < -0.4 is 15.3 Å². The van der Waals surface area contributed by atoms with E-state index in [-0.39, 0.29) is 30.8 Å². The van der Waals surface area contributed by atoms with Gasteiger partial charge in [-0.25, -0.2) is 9.59 Å². The molecule has 1 aromatic rings. The Morgan fingerprint density at radius 1 is 1.24 bits per heavy atom. The number of likely N-dealkylation sites (N-methyl/N-ethyl adjacent to an activating group) is 1. The van der Waals surface area contributed by atoms with E-state index in [0.717, 1.165) is 0 Å². The minimum Gasteiger partial charge on any atom is -0.534 e. The van der Waals surface area contributed by atoms with Gasteiger partial charge in [0.25, 0.3) is 0 Å². The van der Waals surface area contributed by atoms with Crippen molar-refractivity contribution < 1.29 is 43.9 Å². The van der Waals surface area contributed by atoms with E-state index in [1.165, 1.54) is 24.0 Å². The fraction of sp³-hybridized carbons (Fsp3) is 0.450. The van der Waals surface area contributed by atoms with Gasteiger partial charge in [0.15, 0.2) is 0 Å². The number of imide groups is 1. The van der Waals surface area contributed by atoms with Crippen molar-refractivity contribution in [2.45, 2.75) is 38.4 Å². The molecule has 2 heterocycles. The molecule has 0 aromatic heterocycles. The van der Waals surface area contributed by atoms with E-state index >= 15 is 0 Å². The molecule has 0 spiro atoms. The number of piperazine rings is 1. The maximum Gasteiger partial charge on any atom is 0.547 e. The number of carboxylic acids is 1. The topological polar surface area (TPSA) is 186 Å². The zero-order valence-corrected chi connectivity index (χ0v) is 18.6. The number of urea groups is 1. The number of fused-ring (bicyclic) bond motifs is 1. The first-order valence-corrected chi connectivity index (χ1v) is 10.6. The molecule has 5 N–H and O–H groups in total. The molecule has 0 radical (unpaired) electrons. The summed E-state index contributed by atoms with van der Waals surface area (Å²) in [6, 6.07) is 1.86. The highest BCUT2D eigenvalue weighted by molar-refractivity contribution is 6.47. The Hall–Kier alpha value is -3.65. The molecule has 2 unspecified atom stereocenters. The fourth-order valence-corrected chi connectivity index (χ4v) is 3.77. The van der Waals surface area contributed by atoms with Gasteiger partial charge in [0.05, 0.1) is 17.6 Å². The van der Waals surface area contributed by atoms with Crippen LogP contribution in [0.2, 0.25) is 0 Å². The highest BCUT2D eigenvalue weighted by Crippen LogP contribution is 2.30. The molecule has 1 saturated heterocycles. The number of benzene rings is 1. The predicted molar refractivity (Wildman–Crippen MR) is 116 cm³/mol. The van der Waals surface area contributed by atoms with Gasteiger partial charge in [0.1, 0.15) is 11.8 Å². The van der Waals surface area contributed by atoms with Gasteiger partial charge in [0, 0.05) is 19.6 Å². The van der Waals surface area contributed by atoms with Crippen LogP contribution >= 0.6 is 0 Å². The maximum absolute atomic E-state index is 12.8. The molecule has 3 rings (SSSR count). The van der Waals surface area contributed by atoms with Gasteiger partial charge in [0.2, 0.25) is 5.91 Å². The second-order valence-corrected chi connectivity index (χ2v) is 7.94. The number of hydrogen-bond acceptors (Lipinski definition) is 8. The lowest BCUT2D eigenvalue weighted by molar-refractivity contribution is -0.153. The van der Waals surface area contributed by atoms with Crippen LogP contribution in [-0.2, 0) is 20.8 Å². The monoisotopic (exact) mass is 476 g/mol. The van der Waals surface area contributed by atoms with Crippen LogP contribution in [0.25, 0.3) is 0 Å². The number of carbonyl (C=O) groups is 5. The molecule has 14 heteroatoms. The van der Waals surface area contributed by atoms with Crippen molar-refractivity contribution >= 4 is 36.8 Å². The molecule has 182 valence electrons. The van der Waals surface area contributed by atoms with E-state index in [1.54, 1.807) is 13.0 Å². The maximum atomic E-state index is 12.8. The minimum absolute atomic E-state index is 0.0113. The smallest absolute Gasteiger partial charge is 0.534 e. The number of aliphatic hydroxyl groups is 1. The molecule has 0 aliphatic carbocycles. The molecule has 5 amide bonds. The second-order valence-electron chi connectivity index (χ2n) is 7.94. The van der Waals surface area contributed by atoms with Crippen LogP contribution in [0.5, 0.6) is 5.75 Å². The molecular formula is C20H25BN4O9. The third-order valence-electron chi connectivity index (χ3n) is 5.66. The van der Waals surface area contributed by atoms with E-state index in [2.05, 4.69) is 10.6 Å². The highest BCUT2D eigenvalue weighted by Gasteiger charge is 2.41. The summed E-state index contributed by atoms with van der Waals surface area (Å²) in [6.07, 6.45) is -1.37. The minimum atomic E-state index is -1.59. The number of aromatic carboxylic acids is 1. The van der Waals surface area contributed by atoms with E-state index in [1.807, 2.05) is 0 Å². The van der Waals surface area contributed by atoms with Crippen LogP contribution in [0.3, 0.4) is 0 Å². The average Bonchev–Trinajstić information content (AvgIpc) is 2.78. The Balaban J connectivity index is 1.69. The number of rotatable bonds is 6. The molecule has 1 fully saturated rings. The molecule has 3 atom stereocenters. The van der Waals surface area contributed by atoms with Gasteiger partial charge in [-0.3, -0.25) is 19.3 Å². The van der Waals surface area contributed by atoms with Gasteiger partial charge in [-0.2, -0.15) is 0 Å². The van der Waals surface area contributed by atoms with Crippen molar-refractivity contribution in [1.29, 1.82) is 0 Å². The molecule has 1 aromatic carbocycles. The normalized spacial score (nSPS) is 19.6. The van der Waals surface area contributed by atoms with Crippen molar-refractivity contribution in [2.75, 3.05) is 19.6 Å². The van der Waals surface area contributed by atoms with Crippen molar-refractivity contribution in [2.24, 2.45) is 0 Å². The van der Waals surface area contributed by atoms with Crippen LogP contribution in [0.1, 0.15) is 29.8 Å². The van der Waals surface area contributed by atoms with Crippen LogP contribution in [0, 0.1) is 0 Å². The number of hydrogen-bond donors (Lipinski definition) is 5. The Bertz CT molecular complexity index is 1020. The first-order valence-electron chi connectivity index (χ1n) is 10.6. The Labute approximate surface area is 194 Å². The van der Waals surface area contributed by atoms with E-state index in [4.69, 9.17) is 4.65 Å². The SMILES string of the molecule is CCN1CCN(C(=O)NC(C(=O)N[C@H]2Cc3cccc(C(=O)O)c3OB2O)C(C)O)C(=O)C1=O. The summed E-state index contributed by atoms with van der Waals surface area (Å²) in [5.74, 6) is -5.03. The lowest BCUT2D eigenvalue weighted by Gasteiger charge is -2.33. The van der Waals surface area contributed by atoms with Gasteiger partial charge in [-0.1, -0.05) is 12.1 Å². The van der Waals surface area contributed by atoms with Crippen molar-refractivity contribution in [1.82, 2.24) is 20.4 Å². The van der Waals surface area contributed by atoms with Crippen molar-refractivity contribution in [3.05, 3.63) is 29.3 Å². The third-order valence-corrected chi connectivity index (χ3v) is 5.66. The summed E-state index contributed by atoms with van der Waals surface area (Å²) in [7, 11) is -1.59. The van der Waals surface area contributed by atoms with Crippen molar-refractivity contribution in [3.63, 3.8) is 0 Å². The molecule has 0 saturated carbocycles. The number of aliphatic hydroxyl groups excluding tert-OH is 1. The van der Waals surface area contributed by atoms with Crippen LogP contribution in [-0.4, -0.2) is 99.6 Å². The van der Waals surface area contributed by atoms with E-state index in [0.29, 0.717) is 17.0 Å². The third kappa shape index (κ3) is 4.97. The number of carboxylic acid groups (broad SMARTS) is 1. The zero-order valence-electron chi connectivity index (χ0n) is 18.6. The molecular weight excluding hydrogens is 451 g/mol. The summed E-state index contributed by atoms with van der Waals surface area (Å²) in [6.45, 7) is 3.31. The summed E-state index contributed by atoms with van der Waals surface area (Å²) in [5.41, 5.74) is 0.295. The molecule has 34 heavy (non-hydrogen) atoms. The van der Waals surface area contributed by atoms with Gasteiger partial charge in [-0.15, -0.1) is 0 Å². The second kappa shape index (κ2) is 10.1. The highest BCUT2D eigenvalue weighted by atomic mass is 16.5. The first-order chi connectivity index (χ1) is 16.0. The summed E-state index contributed by atoms with van der Waals surface area (Å²) in [5, 5.41) is 34.4. The largest absolute Gasteiger partial charge is 0.547 e. The number of nitrogens with one attached hydrogen (secondary N) is 2. The van der Waals surface area contributed by atoms with E-state index < -0.39 is 54.9 Å². The zero-order chi connectivity index (χ0) is 25.2. The quantitative estimate of drug-likeness (QED) is 0.228. The molecule has 13 nitrogen and oxygen atoms in total. The average molecular weight is 476 g/mol. The summed E-state index contributed by atoms with van der Waals surface area (Å²) < 4.78 is 5.32. The standard InChI is InChI=1S/C20H25BN4O9/c1-3-24-7-8-25(18(29)17(24)28)20(32)23-14(10(2)26)16(27)22-13-9-11-5-4-6-12(19(30)31)15(11)34-21(13)33/h4-6,10,13-14,26,33H,3,7-9H2,1-2H3,(H,22,27)(H,23,32)(H,30,31)/t10?,13-,14?/m0/s1. The lowest BCUT2D eigenvalue weighted by atomic mass is 9.72. The Morgan fingerprint density at radius 3 is 2.56 bits per heavy atom. The number of nitrogens with zero attached hydrogens (tertiary/aromatic N) is 2.